The van der Waals surface area contributed by atoms with Gasteiger partial charge in [-0.15, -0.1) is 11.3 Å². The fourth-order valence-electron chi connectivity index (χ4n) is 3.46. The van der Waals surface area contributed by atoms with Crippen molar-refractivity contribution in [3.63, 3.8) is 0 Å². The molecule has 2 aromatic carbocycles. The Labute approximate surface area is 183 Å². The van der Waals surface area contributed by atoms with Crippen LogP contribution in [0.1, 0.15) is 12.0 Å². The molecular weight excluding hydrogens is 447 g/mol. The summed E-state index contributed by atoms with van der Waals surface area (Å²) < 4.78 is 41.8. The van der Waals surface area contributed by atoms with E-state index >= 15 is 0 Å². The Morgan fingerprint density at radius 2 is 2.07 bits per heavy atom. The largest absolute Gasteiger partial charge is 0.380 e. The van der Waals surface area contributed by atoms with E-state index in [1.807, 2.05) is 18.2 Å². The van der Waals surface area contributed by atoms with E-state index in [1.54, 1.807) is 0 Å². The van der Waals surface area contributed by atoms with Crippen molar-refractivity contribution in [2.75, 3.05) is 23.1 Å². The maximum absolute atomic E-state index is 14.6. The average Bonchev–Trinajstić information content (AvgIpc) is 3.37. The number of benzene rings is 2. The Morgan fingerprint density at radius 3 is 2.80 bits per heavy atom. The Bertz CT molecular complexity index is 1110. The number of halogens is 2. The van der Waals surface area contributed by atoms with Crippen LogP contribution < -0.4 is 10.0 Å². The molecule has 158 valence electrons. The molecule has 1 fully saturated rings. The molecule has 1 aliphatic rings. The first-order valence-corrected chi connectivity index (χ1v) is 12.1. The average molecular weight is 467 g/mol. The summed E-state index contributed by atoms with van der Waals surface area (Å²) in [4.78, 5) is 5.66. The SMILES string of the molecule is O=S(=O)(Nc1cscn1)c1cc(Cl)c(NC2CCN(Cc3ccccc3)C2)cc1F. The zero-order chi connectivity index (χ0) is 21.1. The number of aromatic nitrogens is 1. The lowest BCUT2D eigenvalue weighted by molar-refractivity contribution is 0.328. The third kappa shape index (κ3) is 4.92. The maximum Gasteiger partial charge on any atom is 0.266 e. The number of sulfonamides is 1. The van der Waals surface area contributed by atoms with Gasteiger partial charge in [0.2, 0.25) is 0 Å². The number of hydrogen-bond donors (Lipinski definition) is 2. The first-order chi connectivity index (χ1) is 14.4. The van der Waals surface area contributed by atoms with E-state index in [4.69, 9.17) is 11.6 Å². The number of nitrogens with one attached hydrogen (secondary N) is 2. The van der Waals surface area contributed by atoms with Crippen molar-refractivity contribution in [1.82, 2.24) is 9.88 Å². The summed E-state index contributed by atoms with van der Waals surface area (Å²) in [6.45, 7) is 2.55. The third-order valence-corrected chi connectivity index (χ3v) is 7.13. The van der Waals surface area contributed by atoms with Gasteiger partial charge in [0, 0.05) is 31.1 Å². The van der Waals surface area contributed by atoms with Gasteiger partial charge in [0.05, 0.1) is 16.2 Å². The molecule has 6 nitrogen and oxygen atoms in total. The third-order valence-electron chi connectivity index (χ3n) is 4.86. The predicted octanol–water partition coefficient (Wildman–Crippen LogP) is 4.42. The summed E-state index contributed by atoms with van der Waals surface area (Å²) in [5, 5.41) is 4.92. The fraction of sp³-hybridized carbons (Fsp3) is 0.250. The van der Waals surface area contributed by atoms with Crippen LogP contribution in [-0.2, 0) is 16.6 Å². The molecule has 0 aliphatic carbocycles. The van der Waals surface area contributed by atoms with Crippen LogP contribution in [0, 0.1) is 5.82 Å². The molecule has 30 heavy (non-hydrogen) atoms. The monoisotopic (exact) mass is 466 g/mol. The summed E-state index contributed by atoms with van der Waals surface area (Å²) in [7, 11) is -4.13. The molecule has 1 unspecified atom stereocenters. The minimum absolute atomic E-state index is 0.0983. The van der Waals surface area contributed by atoms with Crippen LogP contribution >= 0.6 is 22.9 Å². The molecule has 1 atom stereocenters. The summed E-state index contributed by atoms with van der Waals surface area (Å²) in [6, 6.07) is 12.6. The highest BCUT2D eigenvalue weighted by Crippen LogP contribution is 2.30. The number of anilines is 2. The molecule has 0 amide bonds. The van der Waals surface area contributed by atoms with Gasteiger partial charge in [-0.2, -0.15) is 0 Å². The van der Waals surface area contributed by atoms with Crippen LogP contribution in [0.25, 0.3) is 0 Å². The summed E-state index contributed by atoms with van der Waals surface area (Å²) in [5.74, 6) is -0.731. The van der Waals surface area contributed by atoms with Crippen LogP contribution in [0.5, 0.6) is 0 Å². The number of likely N-dealkylation sites (tertiary alicyclic amines) is 1. The normalized spacial score (nSPS) is 17.2. The van der Waals surface area contributed by atoms with E-state index in [0.717, 1.165) is 38.2 Å². The van der Waals surface area contributed by atoms with E-state index < -0.39 is 20.7 Å². The maximum atomic E-state index is 14.6. The van der Waals surface area contributed by atoms with E-state index in [2.05, 4.69) is 32.1 Å². The minimum Gasteiger partial charge on any atom is -0.380 e. The number of thiazole rings is 1. The van der Waals surface area contributed by atoms with Crippen LogP contribution in [0.4, 0.5) is 15.9 Å². The summed E-state index contributed by atoms with van der Waals surface area (Å²) in [5.41, 5.74) is 3.11. The zero-order valence-corrected chi connectivity index (χ0v) is 18.3. The van der Waals surface area contributed by atoms with Crippen molar-refractivity contribution >= 4 is 44.5 Å². The lowest BCUT2D eigenvalue weighted by atomic mass is 10.2. The molecule has 1 saturated heterocycles. The van der Waals surface area contributed by atoms with Crippen molar-refractivity contribution in [1.29, 1.82) is 0 Å². The van der Waals surface area contributed by atoms with E-state index in [-0.39, 0.29) is 16.9 Å². The number of nitrogens with zero attached hydrogens (tertiary/aromatic N) is 2. The highest BCUT2D eigenvalue weighted by molar-refractivity contribution is 7.92. The van der Waals surface area contributed by atoms with Gasteiger partial charge in [0.25, 0.3) is 10.0 Å². The first kappa shape index (κ1) is 21.0. The van der Waals surface area contributed by atoms with E-state index in [1.165, 1.54) is 27.8 Å². The fourth-order valence-corrected chi connectivity index (χ4v) is 5.38. The molecule has 0 spiro atoms. The Kier molecular flexibility index (Phi) is 6.24. The molecule has 3 aromatic rings. The minimum atomic E-state index is -4.13. The van der Waals surface area contributed by atoms with Crippen LogP contribution in [-0.4, -0.2) is 37.4 Å². The van der Waals surface area contributed by atoms with Gasteiger partial charge in [0.1, 0.15) is 10.7 Å². The Balaban J connectivity index is 1.44. The molecule has 0 bridgehead atoms. The summed E-state index contributed by atoms with van der Waals surface area (Å²) in [6.07, 6.45) is 0.885. The standard InChI is InChI=1S/C20H20ClFN4O2S2/c21-16-8-19(30(27,28)25-20-12-29-13-23-20)17(22)9-18(16)24-15-6-7-26(11-15)10-14-4-2-1-3-5-14/h1-5,8-9,12-13,15,24-25H,6-7,10-11H2. The highest BCUT2D eigenvalue weighted by atomic mass is 35.5. The molecular formula is C20H20ClFN4O2S2. The predicted molar refractivity (Wildman–Crippen MR) is 118 cm³/mol. The van der Waals surface area contributed by atoms with Crippen molar-refractivity contribution in [3.05, 3.63) is 69.8 Å². The second-order valence-electron chi connectivity index (χ2n) is 7.09. The lowest BCUT2D eigenvalue weighted by Crippen LogP contribution is -2.26. The van der Waals surface area contributed by atoms with E-state index in [9.17, 15) is 12.8 Å². The molecule has 10 heteroatoms. The molecule has 4 rings (SSSR count). The lowest BCUT2D eigenvalue weighted by Gasteiger charge is -2.18. The Hall–Kier alpha value is -2.20. The van der Waals surface area contributed by atoms with Gasteiger partial charge in [-0.25, -0.2) is 17.8 Å². The van der Waals surface area contributed by atoms with Gasteiger partial charge in [-0.3, -0.25) is 9.62 Å². The molecule has 1 aliphatic heterocycles. The topological polar surface area (TPSA) is 74.3 Å². The van der Waals surface area contributed by atoms with Crippen molar-refractivity contribution in [2.24, 2.45) is 0 Å². The first-order valence-electron chi connectivity index (χ1n) is 9.33. The van der Waals surface area contributed by atoms with Gasteiger partial charge in [0.15, 0.2) is 5.82 Å². The number of rotatable bonds is 7. The highest BCUT2D eigenvalue weighted by Gasteiger charge is 2.26. The molecule has 2 N–H and O–H groups in total. The molecule has 2 heterocycles. The summed E-state index contributed by atoms with van der Waals surface area (Å²) >= 11 is 7.52. The van der Waals surface area contributed by atoms with E-state index in [0.29, 0.717) is 5.69 Å². The van der Waals surface area contributed by atoms with Gasteiger partial charge in [-0.1, -0.05) is 41.9 Å². The van der Waals surface area contributed by atoms with Crippen LogP contribution in [0.2, 0.25) is 5.02 Å². The van der Waals surface area contributed by atoms with Crippen LogP contribution in [0.3, 0.4) is 0 Å². The molecule has 0 saturated carbocycles. The number of hydrogen-bond acceptors (Lipinski definition) is 6. The molecule has 1 aromatic heterocycles. The second-order valence-corrected chi connectivity index (χ2v) is 9.87. The van der Waals surface area contributed by atoms with Crippen molar-refractivity contribution in [2.45, 2.75) is 23.9 Å². The Morgan fingerprint density at radius 1 is 1.27 bits per heavy atom. The van der Waals surface area contributed by atoms with Crippen molar-refractivity contribution < 1.29 is 12.8 Å². The van der Waals surface area contributed by atoms with Crippen LogP contribution in [0.15, 0.2) is 58.3 Å². The zero-order valence-electron chi connectivity index (χ0n) is 15.9. The quantitative estimate of drug-likeness (QED) is 0.539. The smallest absolute Gasteiger partial charge is 0.266 e. The second kappa shape index (κ2) is 8.89. The molecule has 0 radical (unpaired) electrons. The van der Waals surface area contributed by atoms with Gasteiger partial charge >= 0.3 is 0 Å². The van der Waals surface area contributed by atoms with Crippen molar-refractivity contribution in [3.8, 4) is 0 Å². The van der Waals surface area contributed by atoms with Gasteiger partial charge in [-0.05, 0) is 24.1 Å². The van der Waals surface area contributed by atoms with Gasteiger partial charge < -0.3 is 5.32 Å².